The topological polar surface area (TPSA) is 68.2 Å². The van der Waals surface area contributed by atoms with Crippen LogP contribution in [0.3, 0.4) is 0 Å². The van der Waals surface area contributed by atoms with Gasteiger partial charge in [-0.2, -0.15) is 5.10 Å². The normalized spacial score (nSPS) is 11.3. The molecule has 120 valence electrons. The first-order valence-electron chi connectivity index (χ1n) is 7.28. The fourth-order valence-corrected chi connectivity index (χ4v) is 1.99. The van der Waals surface area contributed by atoms with E-state index in [1.165, 1.54) is 0 Å². The van der Waals surface area contributed by atoms with Crippen molar-refractivity contribution in [3.63, 3.8) is 0 Å². The monoisotopic (exact) mass is 413 g/mol. The fraction of sp³-hybridized carbons (Fsp3) is 0.375. The van der Waals surface area contributed by atoms with Gasteiger partial charge in [-0.15, -0.1) is 24.0 Å². The van der Waals surface area contributed by atoms with Crippen molar-refractivity contribution in [2.45, 2.75) is 26.8 Å². The van der Waals surface area contributed by atoms with Gasteiger partial charge in [-0.25, -0.2) is 9.67 Å². The molecular formula is C16H24IN5. The van der Waals surface area contributed by atoms with Crippen molar-refractivity contribution in [1.82, 2.24) is 15.1 Å². The lowest BCUT2D eigenvalue weighted by Crippen LogP contribution is -2.32. The maximum Gasteiger partial charge on any atom is 0.188 e. The summed E-state index contributed by atoms with van der Waals surface area (Å²) in [6.07, 6.45) is 4.77. The third kappa shape index (κ3) is 5.67. The molecule has 0 radical (unpaired) electrons. The standard InChI is InChI=1S/C16H23N5.HI/c1-13(2)8-10-18-16(17)19-12-14-6-3-4-7-15(14)21-11-5-9-20-21;/h3-7,9,11,13H,8,10,12H2,1-2H3,(H3,17,18,19);1H. The molecule has 0 saturated carbocycles. The van der Waals surface area contributed by atoms with Crippen molar-refractivity contribution < 1.29 is 0 Å². The summed E-state index contributed by atoms with van der Waals surface area (Å²) < 4.78 is 1.84. The van der Waals surface area contributed by atoms with E-state index in [2.05, 4.69) is 29.3 Å². The Labute approximate surface area is 149 Å². The van der Waals surface area contributed by atoms with Crippen molar-refractivity contribution in [2.24, 2.45) is 16.6 Å². The van der Waals surface area contributed by atoms with Gasteiger partial charge in [0.2, 0.25) is 0 Å². The van der Waals surface area contributed by atoms with Gasteiger partial charge in [0.15, 0.2) is 5.96 Å². The predicted octanol–water partition coefficient (Wildman–Crippen LogP) is 2.94. The third-order valence-electron chi connectivity index (χ3n) is 3.19. The molecule has 0 bridgehead atoms. The number of rotatable bonds is 6. The lowest BCUT2D eigenvalue weighted by molar-refractivity contribution is 0.576. The Kier molecular flexibility index (Phi) is 7.94. The van der Waals surface area contributed by atoms with Crippen LogP contribution in [0.1, 0.15) is 25.8 Å². The largest absolute Gasteiger partial charge is 0.370 e. The van der Waals surface area contributed by atoms with Gasteiger partial charge in [-0.1, -0.05) is 32.0 Å². The Morgan fingerprint density at radius 1 is 1.32 bits per heavy atom. The van der Waals surface area contributed by atoms with Crippen LogP contribution in [-0.4, -0.2) is 22.3 Å². The molecule has 1 aromatic heterocycles. The number of benzene rings is 1. The average molecular weight is 413 g/mol. The number of hydrogen-bond donors (Lipinski definition) is 2. The summed E-state index contributed by atoms with van der Waals surface area (Å²) in [6.45, 7) is 5.77. The Balaban J connectivity index is 0.00000242. The van der Waals surface area contributed by atoms with Crippen LogP contribution in [0.4, 0.5) is 0 Å². The lowest BCUT2D eigenvalue weighted by atomic mass is 10.1. The second-order valence-electron chi connectivity index (χ2n) is 5.39. The molecule has 6 heteroatoms. The number of halogens is 1. The van der Waals surface area contributed by atoms with E-state index in [4.69, 9.17) is 5.73 Å². The molecule has 0 atom stereocenters. The molecule has 0 aliphatic rings. The van der Waals surface area contributed by atoms with Crippen LogP contribution in [-0.2, 0) is 6.54 Å². The van der Waals surface area contributed by atoms with Gasteiger partial charge >= 0.3 is 0 Å². The van der Waals surface area contributed by atoms with Crippen molar-refractivity contribution in [3.05, 3.63) is 48.3 Å². The van der Waals surface area contributed by atoms with E-state index in [1.807, 2.05) is 41.2 Å². The second kappa shape index (κ2) is 9.45. The van der Waals surface area contributed by atoms with E-state index < -0.39 is 0 Å². The molecule has 0 unspecified atom stereocenters. The maximum atomic E-state index is 5.89. The highest BCUT2D eigenvalue weighted by Crippen LogP contribution is 2.14. The first-order valence-corrected chi connectivity index (χ1v) is 7.28. The van der Waals surface area contributed by atoms with Gasteiger partial charge in [0.1, 0.15) is 0 Å². The van der Waals surface area contributed by atoms with Crippen LogP contribution >= 0.6 is 24.0 Å². The molecule has 2 aromatic rings. The van der Waals surface area contributed by atoms with E-state index >= 15 is 0 Å². The number of aromatic nitrogens is 2. The highest BCUT2D eigenvalue weighted by Gasteiger charge is 2.03. The number of para-hydroxylation sites is 1. The second-order valence-corrected chi connectivity index (χ2v) is 5.39. The Morgan fingerprint density at radius 2 is 2.09 bits per heavy atom. The minimum atomic E-state index is 0. The molecule has 0 aliphatic heterocycles. The van der Waals surface area contributed by atoms with Gasteiger partial charge < -0.3 is 11.1 Å². The van der Waals surface area contributed by atoms with Crippen LogP contribution in [0, 0.1) is 5.92 Å². The summed E-state index contributed by atoms with van der Waals surface area (Å²) >= 11 is 0. The van der Waals surface area contributed by atoms with Gasteiger partial charge in [0.05, 0.1) is 12.2 Å². The van der Waals surface area contributed by atoms with Gasteiger partial charge in [0, 0.05) is 18.9 Å². The van der Waals surface area contributed by atoms with Crippen LogP contribution in [0.15, 0.2) is 47.7 Å². The summed E-state index contributed by atoms with van der Waals surface area (Å²) in [5.41, 5.74) is 8.01. The first-order chi connectivity index (χ1) is 10.2. The van der Waals surface area contributed by atoms with Crippen LogP contribution < -0.4 is 11.1 Å². The van der Waals surface area contributed by atoms with Crippen molar-refractivity contribution in [1.29, 1.82) is 0 Å². The van der Waals surface area contributed by atoms with Crippen molar-refractivity contribution in [3.8, 4) is 5.69 Å². The Hall–Kier alpha value is -1.57. The molecule has 5 nitrogen and oxygen atoms in total. The molecular weight excluding hydrogens is 389 g/mol. The molecule has 0 fully saturated rings. The molecule has 3 N–H and O–H groups in total. The zero-order chi connectivity index (χ0) is 15.1. The minimum Gasteiger partial charge on any atom is -0.370 e. The molecule has 0 saturated heterocycles. The fourth-order valence-electron chi connectivity index (χ4n) is 1.99. The molecule has 2 rings (SSSR count). The Morgan fingerprint density at radius 3 is 2.77 bits per heavy atom. The van der Waals surface area contributed by atoms with Crippen molar-refractivity contribution in [2.75, 3.05) is 6.54 Å². The highest BCUT2D eigenvalue weighted by atomic mass is 127. The van der Waals surface area contributed by atoms with E-state index in [1.54, 1.807) is 6.20 Å². The third-order valence-corrected chi connectivity index (χ3v) is 3.19. The Bertz CT molecular complexity index is 578. The van der Waals surface area contributed by atoms with Gasteiger partial charge in [0.25, 0.3) is 0 Å². The lowest BCUT2D eigenvalue weighted by Gasteiger charge is -2.09. The zero-order valence-corrected chi connectivity index (χ0v) is 15.4. The summed E-state index contributed by atoms with van der Waals surface area (Å²) in [5.74, 6) is 1.15. The number of aliphatic imine (C=N–C) groups is 1. The molecule has 1 aromatic carbocycles. The first kappa shape index (κ1) is 18.5. The molecule has 0 aliphatic carbocycles. The van der Waals surface area contributed by atoms with Crippen LogP contribution in [0.25, 0.3) is 5.69 Å². The van der Waals surface area contributed by atoms with Crippen molar-refractivity contribution >= 4 is 29.9 Å². The maximum absolute atomic E-state index is 5.89. The summed E-state index contributed by atoms with van der Waals surface area (Å²) in [5, 5.41) is 7.41. The zero-order valence-electron chi connectivity index (χ0n) is 13.1. The summed E-state index contributed by atoms with van der Waals surface area (Å²) in [7, 11) is 0. The van der Waals surface area contributed by atoms with E-state index in [0.29, 0.717) is 18.4 Å². The average Bonchev–Trinajstić information content (AvgIpc) is 2.99. The van der Waals surface area contributed by atoms with Gasteiger partial charge in [-0.05, 0) is 30.0 Å². The number of nitrogens with zero attached hydrogens (tertiary/aromatic N) is 3. The number of hydrogen-bond acceptors (Lipinski definition) is 2. The van der Waals surface area contributed by atoms with Crippen LogP contribution in [0.2, 0.25) is 0 Å². The number of nitrogens with one attached hydrogen (secondary N) is 1. The smallest absolute Gasteiger partial charge is 0.188 e. The van der Waals surface area contributed by atoms with E-state index in [-0.39, 0.29) is 24.0 Å². The molecule has 22 heavy (non-hydrogen) atoms. The number of guanidine groups is 1. The molecule has 0 amide bonds. The molecule has 0 spiro atoms. The summed E-state index contributed by atoms with van der Waals surface area (Å²) in [4.78, 5) is 4.40. The van der Waals surface area contributed by atoms with E-state index in [9.17, 15) is 0 Å². The molecule has 1 heterocycles. The minimum absolute atomic E-state index is 0. The van der Waals surface area contributed by atoms with Gasteiger partial charge in [-0.3, -0.25) is 0 Å². The SMILES string of the molecule is CC(C)CCNC(N)=NCc1ccccc1-n1cccn1.I. The highest BCUT2D eigenvalue weighted by molar-refractivity contribution is 14.0. The van der Waals surface area contributed by atoms with Crippen LogP contribution in [0.5, 0.6) is 0 Å². The number of nitrogens with two attached hydrogens (primary N) is 1. The predicted molar refractivity (Wildman–Crippen MR) is 102 cm³/mol. The van der Waals surface area contributed by atoms with E-state index in [0.717, 1.165) is 24.2 Å². The quantitative estimate of drug-likeness (QED) is 0.435. The summed E-state index contributed by atoms with van der Waals surface area (Å²) in [6, 6.07) is 9.97.